The Kier molecular flexibility index (Phi) is 6.78. The largest absolute Gasteiger partial charge is 0.395 e. The maximum atomic E-state index is 11.6. The van der Waals surface area contributed by atoms with Crippen molar-refractivity contribution in [2.45, 2.75) is 19.8 Å². The predicted molar refractivity (Wildman–Crippen MR) is 57.6 cm³/mol. The van der Waals surface area contributed by atoms with Crippen LogP contribution in [0.15, 0.2) is 12.7 Å². The third-order valence-electron chi connectivity index (χ3n) is 1.83. The van der Waals surface area contributed by atoms with Crippen molar-refractivity contribution in [2.24, 2.45) is 0 Å². The fourth-order valence-corrected chi connectivity index (χ4v) is 2.66. The monoisotopic (exact) mass is 221 g/mol. The number of aliphatic hydroxyl groups is 1. The fraction of sp³-hybridized carbons (Fsp3) is 0.778. The van der Waals surface area contributed by atoms with Gasteiger partial charge in [0.2, 0.25) is 10.0 Å². The number of hydrogen-bond donors (Lipinski definition) is 1. The minimum atomic E-state index is -3.21. The van der Waals surface area contributed by atoms with E-state index in [9.17, 15) is 8.42 Å². The van der Waals surface area contributed by atoms with Crippen LogP contribution >= 0.6 is 0 Å². The highest BCUT2D eigenvalue weighted by molar-refractivity contribution is 7.89. The van der Waals surface area contributed by atoms with Gasteiger partial charge in [-0.05, 0) is 6.42 Å². The number of sulfonamides is 1. The first kappa shape index (κ1) is 13.6. The fourth-order valence-electron chi connectivity index (χ4n) is 1.06. The first-order valence-corrected chi connectivity index (χ1v) is 6.39. The number of unbranched alkanes of at least 4 members (excludes halogenated alkanes) is 1. The summed E-state index contributed by atoms with van der Waals surface area (Å²) >= 11 is 0. The summed E-state index contributed by atoms with van der Waals surface area (Å²) in [7, 11) is -3.21. The van der Waals surface area contributed by atoms with Crippen molar-refractivity contribution in [1.29, 1.82) is 0 Å². The highest BCUT2D eigenvalue weighted by Gasteiger charge is 2.18. The van der Waals surface area contributed by atoms with Gasteiger partial charge >= 0.3 is 0 Å². The van der Waals surface area contributed by atoms with Crippen LogP contribution < -0.4 is 0 Å². The van der Waals surface area contributed by atoms with E-state index in [4.69, 9.17) is 5.11 Å². The summed E-state index contributed by atoms with van der Waals surface area (Å²) in [4.78, 5) is 0. The Bertz CT molecular complexity index is 249. The van der Waals surface area contributed by atoms with E-state index in [1.165, 1.54) is 10.4 Å². The second-order valence-corrected chi connectivity index (χ2v) is 5.13. The molecular weight excluding hydrogens is 202 g/mol. The van der Waals surface area contributed by atoms with E-state index < -0.39 is 10.0 Å². The normalized spacial score (nSPS) is 11.9. The highest BCUT2D eigenvalue weighted by atomic mass is 32.2. The Morgan fingerprint density at radius 1 is 1.50 bits per heavy atom. The molecule has 4 nitrogen and oxygen atoms in total. The molecule has 1 N–H and O–H groups in total. The molecule has 0 aliphatic heterocycles. The molecule has 0 bridgehead atoms. The molecule has 0 aliphatic carbocycles. The van der Waals surface area contributed by atoms with Gasteiger partial charge in [0.1, 0.15) is 0 Å². The molecule has 0 aromatic carbocycles. The molecule has 0 rings (SSSR count). The van der Waals surface area contributed by atoms with Crippen LogP contribution in [0.1, 0.15) is 19.8 Å². The molecule has 84 valence electrons. The van der Waals surface area contributed by atoms with Crippen LogP contribution in [0.5, 0.6) is 0 Å². The van der Waals surface area contributed by atoms with Crippen LogP contribution in [-0.4, -0.2) is 43.3 Å². The third kappa shape index (κ3) is 4.74. The molecule has 0 saturated carbocycles. The summed E-state index contributed by atoms with van der Waals surface area (Å²) in [6.45, 7) is 5.70. The van der Waals surface area contributed by atoms with Gasteiger partial charge in [0, 0.05) is 13.1 Å². The minimum Gasteiger partial charge on any atom is -0.395 e. The molecule has 14 heavy (non-hydrogen) atoms. The van der Waals surface area contributed by atoms with Gasteiger partial charge < -0.3 is 5.11 Å². The minimum absolute atomic E-state index is 0.150. The molecule has 0 atom stereocenters. The van der Waals surface area contributed by atoms with Gasteiger partial charge in [-0.2, -0.15) is 4.31 Å². The van der Waals surface area contributed by atoms with Gasteiger partial charge in [0.25, 0.3) is 0 Å². The lowest BCUT2D eigenvalue weighted by atomic mass is 10.4. The Labute approximate surface area is 86.3 Å². The van der Waals surface area contributed by atoms with Gasteiger partial charge in [-0.3, -0.25) is 0 Å². The van der Waals surface area contributed by atoms with E-state index in [1.54, 1.807) is 0 Å². The molecule has 0 spiro atoms. The van der Waals surface area contributed by atoms with Crippen LogP contribution in [0.3, 0.4) is 0 Å². The van der Waals surface area contributed by atoms with Gasteiger partial charge in [-0.1, -0.05) is 19.4 Å². The molecule has 0 radical (unpaired) electrons. The van der Waals surface area contributed by atoms with Crippen LogP contribution in [0.4, 0.5) is 0 Å². The average molecular weight is 221 g/mol. The van der Waals surface area contributed by atoms with Crippen molar-refractivity contribution in [1.82, 2.24) is 4.31 Å². The summed E-state index contributed by atoms with van der Waals surface area (Å²) in [6, 6.07) is 0. The van der Waals surface area contributed by atoms with Gasteiger partial charge in [-0.15, -0.1) is 6.58 Å². The first-order valence-electron chi connectivity index (χ1n) is 4.78. The molecule has 0 saturated heterocycles. The molecule has 0 heterocycles. The molecule has 0 aliphatic rings. The van der Waals surface area contributed by atoms with Crippen molar-refractivity contribution in [2.75, 3.05) is 25.4 Å². The van der Waals surface area contributed by atoms with Crippen LogP contribution in [0, 0.1) is 0 Å². The van der Waals surface area contributed by atoms with Crippen molar-refractivity contribution >= 4 is 10.0 Å². The number of aliphatic hydroxyl groups excluding tert-OH is 1. The Morgan fingerprint density at radius 2 is 2.14 bits per heavy atom. The zero-order chi connectivity index (χ0) is 11.0. The van der Waals surface area contributed by atoms with E-state index in [2.05, 4.69) is 6.58 Å². The van der Waals surface area contributed by atoms with E-state index in [0.717, 1.165) is 6.42 Å². The zero-order valence-electron chi connectivity index (χ0n) is 8.65. The molecule has 0 aromatic rings. The summed E-state index contributed by atoms with van der Waals surface area (Å²) < 4.78 is 24.5. The van der Waals surface area contributed by atoms with E-state index in [-0.39, 0.29) is 25.4 Å². The van der Waals surface area contributed by atoms with Gasteiger partial charge in [0.15, 0.2) is 0 Å². The SMILES string of the molecule is C=CCN(CCO)S(=O)(=O)CCCC. The third-order valence-corrected chi connectivity index (χ3v) is 3.75. The summed E-state index contributed by atoms with van der Waals surface area (Å²) in [5, 5.41) is 8.71. The first-order chi connectivity index (χ1) is 6.58. The maximum Gasteiger partial charge on any atom is 0.214 e. The molecule has 0 unspecified atom stereocenters. The highest BCUT2D eigenvalue weighted by Crippen LogP contribution is 2.04. The van der Waals surface area contributed by atoms with E-state index in [0.29, 0.717) is 6.42 Å². The summed E-state index contributed by atoms with van der Waals surface area (Å²) in [6.07, 6.45) is 3.03. The number of nitrogens with zero attached hydrogens (tertiary/aromatic N) is 1. The molecule has 0 fully saturated rings. The quantitative estimate of drug-likeness (QED) is 0.611. The Hall–Kier alpha value is -0.390. The van der Waals surface area contributed by atoms with Gasteiger partial charge in [0.05, 0.1) is 12.4 Å². The van der Waals surface area contributed by atoms with Crippen molar-refractivity contribution in [3.05, 3.63) is 12.7 Å². The van der Waals surface area contributed by atoms with Crippen LogP contribution in [-0.2, 0) is 10.0 Å². The average Bonchev–Trinajstić information content (AvgIpc) is 2.14. The Balaban J connectivity index is 4.37. The van der Waals surface area contributed by atoms with E-state index >= 15 is 0 Å². The van der Waals surface area contributed by atoms with Crippen LogP contribution in [0.25, 0.3) is 0 Å². The maximum absolute atomic E-state index is 11.6. The summed E-state index contributed by atoms with van der Waals surface area (Å²) in [5.41, 5.74) is 0. The van der Waals surface area contributed by atoms with Crippen molar-refractivity contribution in [3.8, 4) is 0 Å². The van der Waals surface area contributed by atoms with E-state index in [1.807, 2.05) is 6.92 Å². The summed E-state index contributed by atoms with van der Waals surface area (Å²) in [5.74, 6) is 0.150. The number of rotatable bonds is 8. The smallest absolute Gasteiger partial charge is 0.214 e. The second kappa shape index (κ2) is 6.98. The lowest BCUT2D eigenvalue weighted by molar-refractivity contribution is 0.260. The van der Waals surface area contributed by atoms with Gasteiger partial charge in [-0.25, -0.2) is 8.42 Å². The topological polar surface area (TPSA) is 57.6 Å². The molecule has 0 aromatic heterocycles. The van der Waals surface area contributed by atoms with Crippen molar-refractivity contribution in [3.63, 3.8) is 0 Å². The lowest BCUT2D eigenvalue weighted by Gasteiger charge is -2.19. The molecule has 0 amide bonds. The second-order valence-electron chi connectivity index (χ2n) is 3.04. The predicted octanol–water partition coefficient (Wildman–Crippen LogP) is 0.597. The lowest BCUT2D eigenvalue weighted by Crippen LogP contribution is -2.35. The molecule has 5 heteroatoms. The molecular formula is C9H19NO3S. The Morgan fingerprint density at radius 3 is 2.57 bits per heavy atom. The van der Waals surface area contributed by atoms with Crippen molar-refractivity contribution < 1.29 is 13.5 Å². The standard InChI is InChI=1S/C9H19NO3S/c1-3-5-9-14(12,13)10(6-4-2)7-8-11/h4,11H,2-3,5-9H2,1H3. The van der Waals surface area contributed by atoms with Crippen LogP contribution in [0.2, 0.25) is 0 Å². The number of hydrogen-bond acceptors (Lipinski definition) is 3. The zero-order valence-corrected chi connectivity index (χ0v) is 9.46.